The number of amides is 1. The summed E-state index contributed by atoms with van der Waals surface area (Å²) in [5, 5.41) is 18.3. The molecule has 5 nitrogen and oxygen atoms in total. The fourth-order valence-corrected chi connectivity index (χ4v) is 2.26. The number of benzene rings is 1. The number of aromatic hydroxyl groups is 1. The number of phenols is 1. The molecule has 18 heavy (non-hydrogen) atoms. The van der Waals surface area contributed by atoms with Gasteiger partial charge in [-0.3, -0.25) is 4.79 Å². The van der Waals surface area contributed by atoms with Crippen molar-refractivity contribution in [2.75, 3.05) is 6.54 Å². The molecule has 96 valence electrons. The van der Waals surface area contributed by atoms with Crippen molar-refractivity contribution in [3.8, 4) is 5.75 Å². The molecule has 2 rings (SSSR count). The van der Waals surface area contributed by atoms with E-state index in [2.05, 4.69) is 0 Å². The quantitative estimate of drug-likeness (QED) is 0.838. The van der Waals surface area contributed by atoms with Crippen LogP contribution in [0.25, 0.3) is 0 Å². The maximum Gasteiger partial charge on any atom is 0.326 e. The molecule has 2 N–H and O–H groups in total. The molecule has 0 spiro atoms. The number of carboxylic acids is 1. The average molecular weight is 249 g/mol. The third kappa shape index (κ3) is 2.61. The number of hydrogen-bond donors (Lipinski definition) is 2. The van der Waals surface area contributed by atoms with E-state index in [1.165, 1.54) is 17.0 Å². The lowest BCUT2D eigenvalue weighted by Gasteiger charge is -2.21. The number of carboxylic acid groups (broad SMARTS) is 1. The predicted octanol–water partition coefficient (Wildman–Crippen LogP) is 1.01. The van der Waals surface area contributed by atoms with Gasteiger partial charge in [0.05, 0.1) is 6.42 Å². The van der Waals surface area contributed by atoms with E-state index in [4.69, 9.17) is 5.11 Å². The molecule has 1 aromatic carbocycles. The van der Waals surface area contributed by atoms with Crippen LogP contribution < -0.4 is 0 Å². The molecule has 5 heteroatoms. The van der Waals surface area contributed by atoms with E-state index in [9.17, 15) is 14.7 Å². The van der Waals surface area contributed by atoms with Crippen molar-refractivity contribution in [3.05, 3.63) is 29.8 Å². The Morgan fingerprint density at radius 2 is 2.17 bits per heavy atom. The number of carbonyl (C=O) groups is 2. The van der Waals surface area contributed by atoms with Crippen LogP contribution in [0.3, 0.4) is 0 Å². The Hall–Kier alpha value is -2.04. The van der Waals surface area contributed by atoms with Crippen LogP contribution in [-0.2, 0) is 16.0 Å². The van der Waals surface area contributed by atoms with Gasteiger partial charge in [-0.25, -0.2) is 4.79 Å². The van der Waals surface area contributed by atoms with Crippen molar-refractivity contribution in [2.45, 2.75) is 25.3 Å². The monoisotopic (exact) mass is 249 g/mol. The summed E-state index contributed by atoms with van der Waals surface area (Å²) in [6, 6.07) is 5.75. The number of aliphatic carboxylic acids is 1. The van der Waals surface area contributed by atoms with E-state index in [1.54, 1.807) is 12.1 Å². The fraction of sp³-hybridized carbons (Fsp3) is 0.385. The summed E-state index contributed by atoms with van der Waals surface area (Å²) in [6.07, 6.45) is 1.36. The molecule has 1 saturated heterocycles. The Morgan fingerprint density at radius 3 is 2.83 bits per heavy atom. The van der Waals surface area contributed by atoms with E-state index in [0.29, 0.717) is 18.5 Å². The SMILES string of the molecule is O=C(O)C1CCCN1C(=O)Cc1cccc(O)c1. The summed E-state index contributed by atoms with van der Waals surface area (Å²) in [6.45, 7) is 0.495. The van der Waals surface area contributed by atoms with Crippen LogP contribution in [0.4, 0.5) is 0 Å². The lowest BCUT2D eigenvalue weighted by atomic mass is 10.1. The van der Waals surface area contributed by atoms with Crippen LogP contribution >= 0.6 is 0 Å². The number of hydrogen-bond acceptors (Lipinski definition) is 3. The molecule has 0 bridgehead atoms. The highest BCUT2D eigenvalue weighted by atomic mass is 16.4. The molecule has 1 aliphatic heterocycles. The molecular formula is C13H15NO4. The molecule has 1 unspecified atom stereocenters. The highest BCUT2D eigenvalue weighted by Crippen LogP contribution is 2.19. The summed E-state index contributed by atoms with van der Waals surface area (Å²) < 4.78 is 0. The second-order valence-electron chi connectivity index (χ2n) is 4.43. The van der Waals surface area contributed by atoms with Crippen LogP contribution in [0.5, 0.6) is 5.75 Å². The van der Waals surface area contributed by atoms with E-state index in [1.807, 2.05) is 0 Å². The molecule has 1 aliphatic rings. The summed E-state index contributed by atoms with van der Waals surface area (Å²) in [5.74, 6) is -1.04. The molecule has 1 amide bonds. The molecule has 1 fully saturated rings. The molecular weight excluding hydrogens is 234 g/mol. The summed E-state index contributed by atoms with van der Waals surface area (Å²) in [4.78, 5) is 24.4. The van der Waals surface area contributed by atoms with E-state index in [0.717, 1.165) is 6.42 Å². The molecule has 1 aromatic rings. The highest BCUT2D eigenvalue weighted by molar-refractivity contribution is 5.85. The minimum Gasteiger partial charge on any atom is -0.508 e. The van der Waals surface area contributed by atoms with Gasteiger partial charge in [-0.05, 0) is 30.5 Å². The number of nitrogens with zero attached hydrogens (tertiary/aromatic N) is 1. The Morgan fingerprint density at radius 1 is 1.39 bits per heavy atom. The van der Waals surface area contributed by atoms with E-state index >= 15 is 0 Å². The van der Waals surface area contributed by atoms with Crippen molar-refractivity contribution < 1.29 is 19.8 Å². The average Bonchev–Trinajstić information content (AvgIpc) is 2.77. The first-order chi connectivity index (χ1) is 8.58. The maximum absolute atomic E-state index is 12.0. The molecule has 0 aliphatic carbocycles. The zero-order valence-electron chi connectivity index (χ0n) is 9.87. The minimum atomic E-state index is -0.947. The Bertz CT molecular complexity index is 472. The summed E-state index contributed by atoms with van der Waals surface area (Å²) >= 11 is 0. The maximum atomic E-state index is 12.0. The molecule has 0 aromatic heterocycles. The van der Waals surface area contributed by atoms with Crippen LogP contribution in [0, 0.1) is 0 Å². The van der Waals surface area contributed by atoms with Crippen molar-refractivity contribution in [3.63, 3.8) is 0 Å². The zero-order valence-corrected chi connectivity index (χ0v) is 9.87. The van der Waals surface area contributed by atoms with Gasteiger partial charge in [-0.15, -0.1) is 0 Å². The standard InChI is InChI=1S/C13H15NO4/c15-10-4-1-3-9(7-10)8-12(16)14-6-2-5-11(14)13(17)18/h1,3-4,7,11,15H,2,5-6,8H2,(H,17,18). The van der Waals surface area contributed by atoms with Crippen molar-refractivity contribution in [1.29, 1.82) is 0 Å². The smallest absolute Gasteiger partial charge is 0.326 e. The van der Waals surface area contributed by atoms with Crippen molar-refractivity contribution >= 4 is 11.9 Å². The molecule has 1 heterocycles. The van der Waals surface area contributed by atoms with Gasteiger partial charge in [-0.2, -0.15) is 0 Å². The van der Waals surface area contributed by atoms with Gasteiger partial charge in [-0.1, -0.05) is 12.1 Å². The summed E-state index contributed by atoms with van der Waals surface area (Å²) in [7, 11) is 0. The van der Waals surface area contributed by atoms with Gasteiger partial charge in [0.15, 0.2) is 0 Å². The first-order valence-corrected chi connectivity index (χ1v) is 5.88. The van der Waals surface area contributed by atoms with Gasteiger partial charge in [0.1, 0.15) is 11.8 Å². The lowest BCUT2D eigenvalue weighted by molar-refractivity contribution is -0.148. The second kappa shape index (κ2) is 5.08. The molecule has 1 atom stereocenters. The Balaban J connectivity index is 2.06. The van der Waals surface area contributed by atoms with E-state index in [-0.39, 0.29) is 18.1 Å². The van der Waals surface area contributed by atoms with Gasteiger partial charge < -0.3 is 15.1 Å². The lowest BCUT2D eigenvalue weighted by Crippen LogP contribution is -2.41. The minimum absolute atomic E-state index is 0.108. The van der Waals surface area contributed by atoms with Gasteiger partial charge in [0.25, 0.3) is 0 Å². The first kappa shape index (κ1) is 12.4. The van der Waals surface area contributed by atoms with Crippen LogP contribution in [0.2, 0.25) is 0 Å². The highest BCUT2D eigenvalue weighted by Gasteiger charge is 2.33. The van der Waals surface area contributed by atoms with Crippen molar-refractivity contribution in [1.82, 2.24) is 4.90 Å². The van der Waals surface area contributed by atoms with E-state index < -0.39 is 12.0 Å². The van der Waals surface area contributed by atoms with Crippen LogP contribution in [0.1, 0.15) is 18.4 Å². The third-order valence-corrected chi connectivity index (χ3v) is 3.12. The number of likely N-dealkylation sites (tertiary alicyclic amines) is 1. The number of carbonyl (C=O) groups excluding carboxylic acids is 1. The number of phenolic OH excluding ortho intramolecular Hbond substituents is 1. The predicted molar refractivity (Wildman–Crippen MR) is 64.2 cm³/mol. The third-order valence-electron chi connectivity index (χ3n) is 3.12. The largest absolute Gasteiger partial charge is 0.508 e. The zero-order chi connectivity index (χ0) is 13.1. The Kier molecular flexibility index (Phi) is 3.50. The fourth-order valence-electron chi connectivity index (χ4n) is 2.26. The van der Waals surface area contributed by atoms with Crippen LogP contribution in [-0.4, -0.2) is 39.6 Å². The summed E-state index contributed by atoms with van der Waals surface area (Å²) in [5.41, 5.74) is 0.691. The van der Waals surface area contributed by atoms with Gasteiger partial charge >= 0.3 is 5.97 Å². The molecule has 0 saturated carbocycles. The first-order valence-electron chi connectivity index (χ1n) is 5.88. The number of rotatable bonds is 3. The molecule has 0 radical (unpaired) electrons. The topological polar surface area (TPSA) is 77.8 Å². The Labute approximate surface area is 105 Å². The second-order valence-corrected chi connectivity index (χ2v) is 4.43. The van der Waals surface area contributed by atoms with Crippen LogP contribution in [0.15, 0.2) is 24.3 Å². The van der Waals surface area contributed by atoms with Crippen molar-refractivity contribution in [2.24, 2.45) is 0 Å². The normalized spacial score (nSPS) is 18.9. The van der Waals surface area contributed by atoms with Gasteiger partial charge in [0.2, 0.25) is 5.91 Å². The van der Waals surface area contributed by atoms with Gasteiger partial charge in [0, 0.05) is 6.54 Å².